The molecule has 1 aromatic carbocycles. The topological polar surface area (TPSA) is 85.6 Å². The highest BCUT2D eigenvalue weighted by Gasteiger charge is 2.23. The van der Waals surface area contributed by atoms with Crippen molar-refractivity contribution in [3.05, 3.63) is 55.4 Å². The number of methoxy groups -OCH3 is 1. The predicted molar refractivity (Wildman–Crippen MR) is 122 cm³/mol. The Bertz CT molecular complexity index is 1200. The van der Waals surface area contributed by atoms with Crippen LogP contribution in [0.5, 0.6) is 5.75 Å². The Hall–Kier alpha value is -2.52. The van der Waals surface area contributed by atoms with Crippen molar-refractivity contribution in [3.8, 4) is 5.75 Å². The standard InChI is InChI=1S/C21H21BrN4O3S/c1-12(19(27)25-24-10-13-7-8-16(29-2)15(22)9-13)26-11-23-20-18(21(26)28)14-5-3-4-6-17(14)30-20/h7-12H,3-6H2,1-2H3,(H,25,27)/b24-10-. The minimum atomic E-state index is -0.728. The van der Waals surface area contributed by atoms with Gasteiger partial charge in [-0.25, -0.2) is 10.4 Å². The third-order valence-corrected chi connectivity index (χ3v) is 7.08. The molecule has 2 aromatic heterocycles. The van der Waals surface area contributed by atoms with Crippen molar-refractivity contribution in [1.82, 2.24) is 15.0 Å². The largest absolute Gasteiger partial charge is 0.496 e. The minimum absolute atomic E-state index is 0.162. The number of amides is 1. The van der Waals surface area contributed by atoms with Gasteiger partial charge in [0.25, 0.3) is 11.5 Å². The quantitative estimate of drug-likeness (QED) is 0.436. The van der Waals surface area contributed by atoms with Crippen LogP contribution in [0.25, 0.3) is 10.2 Å². The third-order valence-electron chi connectivity index (χ3n) is 5.26. The first-order chi connectivity index (χ1) is 14.5. The average molecular weight is 489 g/mol. The first-order valence-corrected chi connectivity index (χ1v) is 11.3. The number of ether oxygens (including phenoxy) is 1. The van der Waals surface area contributed by atoms with E-state index in [4.69, 9.17) is 4.74 Å². The molecule has 1 aliphatic rings. The summed E-state index contributed by atoms with van der Waals surface area (Å²) in [5.41, 5.74) is 4.25. The van der Waals surface area contributed by atoms with E-state index in [0.29, 0.717) is 11.1 Å². The molecule has 7 nitrogen and oxygen atoms in total. The number of thiophene rings is 1. The number of hydrogen-bond acceptors (Lipinski definition) is 6. The zero-order chi connectivity index (χ0) is 21.3. The van der Waals surface area contributed by atoms with E-state index in [2.05, 4.69) is 31.4 Å². The molecule has 0 bridgehead atoms. The SMILES string of the molecule is COc1ccc(/C=N\NC(=O)C(C)n2cnc3sc4c(c3c2=O)CCCC4)cc1Br. The van der Waals surface area contributed by atoms with Gasteiger partial charge in [-0.05, 0) is 77.9 Å². The Labute approximate surface area is 185 Å². The number of nitrogens with one attached hydrogen (secondary N) is 1. The molecule has 30 heavy (non-hydrogen) atoms. The lowest BCUT2D eigenvalue weighted by Gasteiger charge is -2.14. The molecule has 0 saturated carbocycles. The molecule has 156 valence electrons. The fourth-order valence-electron chi connectivity index (χ4n) is 3.59. The number of hydrazone groups is 1. The summed E-state index contributed by atoms with van der Waals surface area (Å²) in [6.07, 6.45) is 7.13. The molecule has 9 heteroatoms. The van der Waals surface area contributed by atoms with Gasteiger partial charge in [0.05, 0.1) is 29.5 Å². The van der Waals surface area contributed by atoms with E-state index in [-0.39, 0.29) is 11.5 Å². The van der Waals surface area contributed by atoms with E-state index in [1.165, 1.54) is 22.0 Å². The van der Waals surface area contributed by atoms with E-state index >= 15 is 0 Å². The zero-order valence-corrected chi connectivity index (χ0v) is 19.0. The molecular formula is C21H21BrN4O3S. The highest BCUT2D eigenvalue weighted by atomic mass is 79.9. The Kier molecular flexibility index (Phi) is 6.01. The normalized spacial score (nSPS) is 14.6. The van der Waals surface area contributed by atoms with Gasteiger partial charge in [0.1, 0.15) is 16.6 Å². The Morgan fingerprint density at radius 1 is 1.40 bits per heavy atom. The molecule has 1 unspecified atom stereocenters. The van der Waals surface area contributed by atoms with Crippen molar-refractivity contribution in [2.24, 2.45) is 5.10 Å². The highest BCUT2D eigenvalue weighted by Crippen LogP contribution is 2.33. The van der Waals surface area contributed by atoms with Crippen LogP contribution in [0.3, 0.4) is 0 Å². The summed E-state index contributed by atoms with van der Waals surface area (Å²) in [6, 6.07) is 4.73. The summed E-state index contributed by atoms with van der Waals surface area (Å²) in [6.45, 7) is 1.67. The Morgan fingerprint density at radius 2 is 2.20 bits per heavy atom. The summed E-state index contributed by atoms with van der Waals surface area (Å²) in [5, 5.41) is 4.69. The first-order valence-electron chi connectivity index (χ1n) is 9.67. The first kappa shape index (κ1) is 20.7. The molecular weight excluding hydrogens is 468 g/mol. The summed E-state index contributed by atoms with van der Waals surface area (Å²) < 4.78 is 7.37. The predicted octanol–water partition coefficient (Wildman–Crippen LogP) is 3.82. The van der Waals surface area contributed by atoms with Crippen LogP contribution >= 0.6 is 27.3 Å². The lowest BCUT2D eigenvalue weighted by atomic mass is 9.97. The number of nitrogens with zero attached hydrogens (tertiary/aromatic N) is 3. The monoisotopic (exact) mass is 488 g/mol. The molecule has 0 saturated heterocycles. The van der Waals surface area contributed by atoms with E-state index in [9.17, 15) is 9.59 Å². The Morgan fingerprint density at radius 3 is 2.97 bits per heavy atom. The molecule has 1 aliphatic carbocycles. The van der Waals surface area contributed by atoms with Crippen molar-refractivity contribution in [2.75, 3.05) is 7.11 Å². The number of hydrogen-bond donors (Lipinski definition) is 1. The Balaban J connectivity index is 1.52. The summed E-state index contributed by atoms with van der Waals surface area (Å²) in [4.78, 5) is 32.1. The van der Waals surface area contributed by atoms with Gasteiger partial charge < -0.3 is 4.74 Å². The van der Waals surface area contributed by atoms with Crippen molar-refractivity contribution < 1.29 is 9.53 Å². The van der Waals surface area contributed by atoms with E-state index in [1.54, 1.807) is 31.4 Å². The fourth-order valence-corrected chi connectivity index (χ4v) is 5.37. The molecule has 0 spiro atoms. The van der Waals surface area contributed by atoms with Gasteiger partial charge >= 0.3 is 0 Å². The van der Waals surface area contributed by atoms with E-state index < -0.39 is 6.04 Å². The van der Waals surface area contributed by atoms with Gasteiger partial charge in [-0.1, -0.05) is 0 Å². The zero-order valence-electron chi connectivity index (χ0n) is 16.6. The second kappa shape index (κ2) is 8.69. The molecule has 1 N–H and O–H groups in total. The van der Waals surface area contributed by atoms with Crippen LogP contribution in [0.15, 0.2) is 38.9 Å². The summed E-state index contributed by atoms with van der Waals surface area (Å²) in [5.74, 6) is 0.328. The second-order valence-electron chi connectivity index (χ2n) is 7.15. The van der Waals surface area contributed by atoms with Gasteiger partial charge in [0, 0.05) is 4.88 Å². The molecule has 0 fully saturated rings. The number of carbonyl (C=O) groups excluding carboxylic acids is 1. The molecule has 4 rings (SSSR count). The maximum absolute atomic E-state index is 13.1. The number of halogens is 1. The number of carbonyl (C=O) groups is 1. The van der Waals surface area contributed by atoms with Crippen LogP contribution in [0.2, 0.25) is 0 Å². The minimum Gasteiger partial charge on any atom is -0.496 e. The lowest BCUT2D eigenvalue weighted by molar-refractivity contribution is -0.123. The van der Waals surface area contributed by atoms with Crippen molar-refractivity contribution >= 4 is 49.6 Å². The smallest absolute Gasteiger partial charge is 0.263 e. The highest BCUT2D eigenvalue weighted by molar-refractivity contribution is 9.10. The van der Waals surface area contributed by atoms with E-state index in [0.717, 1.165) is 46.1 Å². The van der Waals surface area contributed by atoms with Gasteiger partial charge in [0.15, 0.2) is 0 Å². The second-order valence-corrected chi connectivity index (χ2v) is 9.09. The van der Waals surface area contributed by atoms with Gasteiger partial charge in [0.2, 0.25) is 0 Å². The van der Waals surface area contributed by atoms with Crippen LogP contribution in [-0.4, -0.2) is 28.8 Å². The number of fused-ring (bicyclic) bond motifs is 3. The third kappa shape index (κ3) is 3.91. The van der Waals surface area contributed by atoms with Gasteiger partial charge in [-0.15, -0.1) is 11.3 Å². The molecule has 0 aliphatic heterocycles. The molecule has 1 atom stereocenters. The van der Waals surface area contributed by atoms with Gasteiger partial charge in [-0.3, -0.25) is 14.2 Å². The average Bonchev–Trinajstić information content (AvgIpc) is 3.13. The van der Waals surface area contributed by atoms with Crippen LogP contribution < -0.4 is 15.7 Å². The van der Waals surface area contributed by atoms with E-state index in [1.807, 2.05) is 12.1 Å². The molecule has 1 amide bonds. The van der Waals surface area contributed by atoms with Crippen LogP contribution in [0.1, 0.15) is 41.8 Å². The number of aromatic nitrogens is 2. The van der Waals surface area contributed by atoms with Crippen LogP contribution in [0.4, 0.5) is 0 Å². The maximum atomic E-state index is 13.1. The van der Waals surface area contributed by atoms with Gasteiger partial charge in [-0.2, -0.15) is 5.10 Å². The summed E-state index contributed by atoms with van der Waals surface area (Å²) >= 11 is 5.01. The fraction of sp³-hybridized carbons (Fsp3) is 0.333. The van der Waals surface area contributed by atoms with Crippen molar-refractivity contribution in [2.45, 2.75) is 38.6 Å². The molecule has 0 radical (unpaired) electrons. The van der Waals surface area contributed by atoms with Crippen molar-refractivity contribution in [1.29, 1.82) is 0 Å². The van der Waals surface area contributed by atoms with Crippen LogP contribution in [0, 0.1) is 0 Å². The lowest BCUT2D eigenvalue weighted by Crippen LogP contribution is -2.34. The number of benzene rings is 1. The van der Waals surface area contributed by atoms with Crippen LogP contribution in [-0.2, 0) is 17.6 Å². The number of aryl methyl sites for hydroxylation is 2. The maximum Gasteiger partial charge on any atom is 0.263 e. The molecule has 2 heterocycles. The number of rotatable bonds is 5. The van der Waals surface area contributed by atoms with Crippen molar-refractivity contribution in [3.63, 3.8) is 0 Å². The summed E-state index contributed by atoms with van der Waals surface area (Å²) in [7, 11) is 1.59. The molecule has 3 aromatic rings.